The van der Waals surface area contributed by atoms with Gasteiger partial charge in [0.25, 0.3) is 0 Å². The first-order chi connectivity index (χ1) is 21.8. The van der Waals surface area contributed by atoms with Crippen LogP contribution in [0.2, 0.25) is 0 Å². The lowest BCUT2D eigenvalue weighted by Crippen LogP contribution is -2.09. The number of oxazole rings is 1. The Morgan fingerprint density at radius 3 is 1.89 bits per heavy atom. The third kappa shape index (κ3) is 3.87. The van der Waals surface area contributed by atoms with Crippen molar-refractivity contribution in [2.75, 3.05) is 4.90 Å². The molecule has 9 rings (SSSR count). The maximum Gasteiger partial charge on any atom is 0.227 e. The van der Waals surface area contributed by atoms with E-state index >= 15 is 0 Å². The van der Waals surface area contributed by atoms with Crippen molar-refractivity contribution in [2.45, 2.75) is 0 Å². The summed E-state index contributed by atoms with van der Waals surface area (Å²) in [7, 11) is 0. The van der Waals surface area contributed by atoms with Crippen LogP contribution in [-0.4, -0.2) is 4.98 Å². The second-order valence-corrected chi connectivity index (χ2v) is 11.2. The average molecular weight is 563 g/mol. The SMILES string of the molecule is c1ccc(-c2nc3c(o2)c2ccccc2c2ccc4ccc(N(c5ccccc5)c5ccc6ccccc6c5)cc4c23)cc1. The molecule has 0 saturated carbocycles. The van der Waals surface area contributed by atoms with Gasteiger partial charge in [-0.3, -0.25) is 0 Å². The molecular weight excluding hydrogens is 536 g/mol. The Balaban J connectivity index is 1.35. The van der Waals surface area contributed by atoms with Crippen LogP contribution in [0.25, 0.3) is 65.6 Å². The number of rotatable bonds is 4. The Morgan fingerprint density at radius 1 is 0.432 bits per heavy atom. The first-order valence-electron chi connectivity index (χ1n) is 14.9. The van der Waals surface area contributed by atoms with E-state index in [1.54, 1.807) is 0 Å². The molecule has 3 heteroatoms. The fourth-order valence-corrected chi connectivity index (χ4v) is 6.56. The molecule has 3 nitrogen and oxygen atoms in total. The molecule has 0 atom stereocenters. The fraction of sp³-hybridized carbons (Fsp3) is 0. The van der Waals surface area contributed by atoms with E-state index < -0.39 is 0 Å². The van der Waals surface area contributed by atoms with Crippen LogP contribution in [0.5, 0.6) is 0 Å². The van der Waals surface area contributed by atoms with Gasteiger partial charge in [-0.25, -0.2) is 4.98 Å². The lowest BCUT2D eigenvalue weighted by atomic mass is 9.95. The lowest BCUT2D eigenvalue weighted by molar-refractivity contribution is 0.623. The van der Waals surface area contributed by atoms with Gasteiger partial charge < -0.3 is 9.32 Å². The number of aromatic nitrogens is 1. The standard InChI is InChI=1S/C41H26N2O/c1-3-12-29(13-4-1)41-42-39-38-35(34-17-9-10-18-36(34)40(39)44-41)24-21-28-20-23-33(26-37(28)38)43(31-15-5-2-6-16-31)32-22-19-27-11-7-8-14-30(27)25-32/h1-26H. The smallest absolute Gasteiger partial charge is 0.227 e. The van der Waals surface area contributed by atoms with E-state index in [9.17, 15) is 0 Å². The Hall–Kier alpha value is -5.93. The van der Waals surface area contributed by atoms with Gasteiger partial charge in [0.2, 0.25) is 5.89 Å². The average Bonchev–Trinajstić information content (AvgIpc) is 3.55. The van der Waals surface area contributed by atoms with Crippen molar-refractivity contribution in [1.29, 1.82) is 0 Å². The number of fused-ring (bicyclic) bond motifs is 9. The largest absolute Gasteiger partial charge is 0.435 e. The second kappa shape index (κ2) is 9.82. The molecule has 0 N–H and O–H groups in total. The van der Waals surface area contributed by atoms with Gasteiger partial charge in [-0.1, -0.05) is 109 Å². The minimum atomic E-state index is 0.633. The molecule has 0 fully saturated rings. The molecule has 0 aliphatic heterocycles. The molecule has 8 aromatic carbocycles. The van der Waals surface area contributed by atoms with Crippen LogP contribution >= 0.6 is 0 Å². The Kier molecular flexibility index (Phi) is 5.50. The third-order valence-corrected chi connectivity index (χ3v) is 8.62. The van der Waals surface area contributed by atoms with Gasteiger partial charge in [-0.15, -0.1) is 0 Å². The van der Waals surface area contributed by atoms with E-state index in [4.69, 9.17) is 9.40 Å². The molecule has 0 saturated heterocycles. The highest BCUT2D eigenvalue weighted by Gasteiger charge is 2.19. The first kappa shape index (κ1) is 24.6. The zero-order valence-corrected chi connectivity index (χ0v) is 23.8. The van der Waals surface area contributed by atoms with E-state index in [1.165, 1.54) is 16.2 Å². The van der Waals surface area contributed by atoms with Gasteiger partial charge >= 0.3 is 0 Å². The van der Waals surface area contributed by atoms with Gasteiger partial charge in [0.1, 0.15) is 5.52 Å². The zero-order valence-electron chi connectivity index (χ0n) is 23.8. The van der Waals surface area contributed by atoms with Crippen LogP contribution in [0.1, 0.15) is 0 Å². The first-order valence-corrected chi connectivity index (χ1v) is 14.9. The minimum Gasteiger partial charge on any atom is -0.435 e. The monoisotopic (exact) mass is 562 g/mol. The Morgan fingerprint density at radius 2 is 1.07 bits per heavy atom. The molecule has 0 unspecified atom stereocenters. The van der Waals surface area contributed by atoms with E-state index in [0.717, 1.165) is 60.7 Å². The van der Waals surface area contributed by atoms with Gasteiger partial charge in [-0.2, -0.15) is 0 Å². The summed E-state index contributed by atoms with van der Waals surface area (Å²) >= 11 is 0. The minimum absolute atomic E-state index is 0.633. The molecule has 1 aromatic heterocycles. The predicted octanol–water partition coefficient (Wildman–Crippen LogP) is 11.6. The van der Waals surface area contributed by atoms with Gasteiger partial charge in [-0.05, 0) is 80.8 Å². The summed E-state index contributed by atoms with van der Waals surface area (Å²) in [5.74, 6) is 0.633. The normalized spacial score (nSPS) is 11.6. The molecule has 0 aliphatic rings. The van der Waals surface area contributed by atoms with Crippen LogP contribution in [-0.2, 0) is 0 Å². The molecule has 9 aromatic rings. The van der Waals surface area contributed by atoms with E-state index in [0.29, 0.717) is 5.89 Å². The summed E-state index contributed by atoms with van der Waals surface area (Å²) in [4.78, 5) is 7.49. The molecule has 206 valence electrons. The molecule has 0 spiro atoms. The Labute approximate surface area is 254 Å². The predicted molar refractivity (Wildman–Crippen MR) is 184 cm³/mol. The molecule has 44 heavy (non-hydrogen) atoms. The lowest BCUT2D eigenvalue weighted by Gasteiger charge is -2.26. The summed E-state index contributed by atoms with van der Waals surface area (Å²) < 4.78 is 6.56. The van der Waals surface area contributed by atoms with E-state index in [-0.39, 0.29) is 0 Å². The maximum atomic E-state index is 6.56. The van der Waals surface area contributed by atoms with Crippen molar-refractivity contribution in [3.8, 4) is 11.5 Å². The maximum absolute atomic E-state index is 6.56. The summed E-state index contributed by atoms with van der Waals surface area (Å²) in [5.41, 5.74) is 5.97. The molecular formula is C41H26N2O. The van der Waals surface area contributed by atoms with E-state index in [2.05, 4.69) is 132 Å². The van der Waals surface area contributed by atoms with Crippen molar-refractivity contribution in [3.63, 3.8) is 0 Å². The highest BCUT2D eigenvalue weighted by molar-refractivity contribution is 6.29. The molecule has 0 radical (unpaired) electrons. The fourth-order valence-electron chi connectivity index (χ4n) is 6.56. The van der Waals surface area contributed by atoms with Crippen LogP contribution in [0.3, 0.4) is 0 Å². The highest BCUT2D eigenvalue weighted by atomic mass is 16.3. The number of anilines is 3. The van der Waals surface area contributed by atoms with Gasteiger partial charge in [0.15, 0.2) is 5.58 Å². The highest BCUT2D eigenvalue weighted by Crippen LogP contribution is 2.43. The number of benzene rings is 8. The van der Waals surface area contributed by atoms with Crippen molar-refractivity contribution in [3.05, 3.63) is 158 Å². The summed E-state index contributed by atoms with van der Waals surface area (Å²) in [6, 6.07) is 55.6. The van der Waals surface area contributed by atoms with E-state index in [1.807, 2.05) is 30.3 Å². The quantitative estimate of drug-likeness (QED) is 0.200. The Bertz CT molecular complexity index is 2500. The topological polar surface area (TPSA) is 29.3 Å². The summed E-state index contributed by atoms with van der Waals surface area (Å²) in [6.45, 7) is 0. The summed E-state index contributed by atoms with van der Waals surface area (Å²) in [6.07, 6.45) is 0. The molecule has 0 bridgehead atoms. The molecule has 1 heterocycles. The second-order valence-electron chi connectivity index (χ2n) is 11.2. The van der Waals surface area contributed by atoms with Gasteiger partial charge in [0, 0.05) is 33.4 Å². The molecule has 0 amide bonds. The molecule has 0 aliphatic carbocycles. The zero-order chi connectivity index (χ0) is 29.0. The third-order valence-electron chi connectivity index (χ3n) is 8.62. The van der Waals surface area contributed by atoms with Crippen LogP contribution in [0, 0.1) is 0 Å². The van der Waals surface area contributed by atoms with Crippen molar-refractivity contribution in [1.82, 2.24) is 4.98 Å². The van der Waals surface area contributed by atoms with Crippen molar-refractivity contribution in [2.24, 2.45) is 0 Å². The van der Waals surface area contributed by atoms with Crippen molar-refractivity contribution >= 4 is 71.3 Å². The van der Waals surface area contributed by atoms with Crippen LogP contribution in [0.4, 0.5) is 17.1 Å². The number of para-hydroxylation sites is 1. The number of hydrogen-bond acceptors (Lipinski definition) is 3. The van der Waals surface area contributed by atoms with Crippen molar-refractivity contribution < 1.29 is 4.42 Å². The van der Waals surface area contributed by atoms with Gasteiger partial charge in [0.05, 0.1) is 0 Å². The summed E-state index contributed by atoms with van der Waals surface area (Å²) in [5, 5.41) is 9.25. The number of hydrogen-bond donors (Lipinski definition) is 0. The van der Waals surface area contributed by atoms with Crippen LogP contribution in [0.15, 0.2) is 162 Å². The number of nitrogens with zero attached hydrogens (tertiary/aromatic N) is 2. The van der Waals surface area contributed by atoms with Crippen LogP contribution < -0.4 is 4.90 Å².